The van der Waals surface area contributed by atoms with Gasteiger partial charge in [0, 0.05) is 30.4 Å². The summed E-state index contributed by atoms with van der Waals surface area (Å²) in [4.78, 5) is 2.57. The van der Waals surface area contributed by atoms with Crippen LogP contribution < -0.4 is 5.30 Å². The molecule has 1 unspecified atom stereocenters. The van der Waals surface area contributed by atoms with Crippen molar-refractivity contribution in [1.82, 2.24) is 4.90 Å². The zero-order chi connectivity index (χ0) is 32.1. The molecule has 4 rings (SSSR count). The second kappa shape index (κ2) is 14.0. The summed E-state index contributed by atoms with van der Waals surface area (Å²) in [6, 6.07) is 33.1. The summed E-state index contributed by atoms with van der Waals surface area (Å²) < 4.78 is 0. The lowest BCUT2D eigenvalue weighted by Gasteiger charge is -2.38. The third-order valence-corrected chi connectivity index (χ3v) is 11.5. The normalized spacial score (nSPS) is 12.9. The molecule has 0 amide bonds. The summed E-state index contributed by atoms with van der Waals surface area (Å²) in [7, 11) is 0.546. The Morgan fingerprint density at radius 2 is 1.16 bits per heavy atom. The van der Waals surface area contributed by atoms with Gasteiger partial charge in [-0.3, -0.25) is 4.90 Å². The number of phenolic OH excluding ortho intramolecular Hbond substituents is 1. The molecule has 3 heteroatoms. The molecule has 4 aromatic carbocycles. The average Bonchev–Trinajstić information content (AvgIpc) is 2.97. The quantitative estimate of drug-likeness (QED) is 0.172. The van der Waals surface area contributed by atoms with Gasteiger partial charge in [-0.25, -0.2) is 0 Å². The lowest BCUT2D eigenvalue weighted by Crippen LogP contribution is -2.29. The van der Waals surface area contributed by atoms with Crippen molar-refractivity contribution in [1.29, 1.82) is 0 Å². The first-order valence-electron chi connectivity index (χ1n) is 16.3. The molecule has 4 aromatic rings. The highest BCUT2D eigenvalue weighted by atomic mass is 31.1. The van der Waals surface area contributed by atoms with Crippen LogP contribution in [0.3, 0.4) is 0 Å². The van der Waals surface area contributed by atoms with Gasteiger partial charge in [-0.05, 0) is 69.3 Å². The molecular formula is C41H54NOP. The molecule has 234 valence electrons. The van der Waals surface area contributed by atoms with Crippen LogP contribution in [0.2, 0.25) is 0 Å². The molecule has 0 fully saturated rings. The lowest BCUT2D eigenvalue weighted by molar-refractivity contribution is 0.248. The van der Waals surface area contributed by atoms with E-state index in [-0.39, 0.29) is 16.0 Å². The highest BCUT2D eigenvalue weighted by Crippen LogP contribution is 2.53. The first-order valence-corrected chi connectivity index (χ1v) is 17.3. The molecule has 0 spiro atoms. The molecule has 2 nitrogen and oxygen atoms in total. The molecule has 1 N–H and O–H groups in total. The minimum Gasteiger partial charge on any atom is -0.507 e. The third-order valence-electron chi connectivity index (χ3n) is 9.12. The number of hydrogen-bond acceptors (Lipinski definition) is 2. The number of benzene rings is 4. The maximum absolute atomic E-state index is 12.0. The van der Waals surface area contributed by atoms with Gasteiger partial charge in [0.2, 0.25) is 0 Å². The molecule has 0 aliphatic carbocycles. The lowest BCUT2D eigenvalue weighted by atomic mass is 9.76. The molecular weight excluding hydrogens is 553 g/mol. The molecule has 0 aromatic heterocycles. The number of rotatable bonds is 11. The molecule has 0 aliphatic rings. The van der Waals surface area contributed by atoms with Crippen molar-refractivity contribution in [2.24, 2.45) is 0 Å². The Bertz CT molecular complexity index is 1470. The molecule has 0 saturated heterocycles. The molecule has 0 heterocycles. The van der Waals surface area contributed by atoms with E-state index in [0.29, 0.717) is 14.3 Å². The standard InChI is InChI=1S/C41H54NOP/c1-10-41(11-2,36-26-34(39(4,5)6)25-35(37(36)43)40(7,8)9)44-38-30(3)19-18-24-33(38)29-42(27-31-20-14-12-15-21-31)28-32-22-16-13-17-23-32/h12-26,43-44H,10-11,27-29H2,1-9H3. The number of nitrogens with zero attached hydrogens (tertiary/aromatic N) is 1. The molecule has 0 aliphatic heterocycles. The second-order valence-corrected chi connectivity index (χ2v) is 16.3. The first kappa shape index (κ1) is 34.0. The zero-order valence-corrected chi connectivity index (χ0v) is 29.6. The van der Waals surface area contributed by atoms with Crippen LogP contribution in [-0.2, 0) is 35.6 Å². The molecule has 1 atom stereocenters. The fourth-order valence-electron chi connectivity index (χ4n) is 6.25. The van der Waals surface area contributed by atoms with Gasteiger partial charge < -0.3 is 5.11 Å². The summed E-state index contributed by atoms with van der Waals surface area (Å²) in [6.07, 6.45) is 1.94. The maximum Gasteiger partial charge on any atom is 0.123 e. The van der Waals surface area contributed by atoms with Gasteiger partial charge in [0.15, 0.2) is 0 Å². The number of aromatic hydroxyl groups is 1. The van der Waals surface area contributed by atoms with E-state index in [1.165, 1.54) is 33.1 Å². The third kappa shape index (κ3) is 8.01. The molecule has 0 saturated carbocycles. The Hall–Kier alpha value is -2.93. The fourth-order valence-corrected chi connectivity index (χ4v) is 8.01. The van der Waals surface area contributed by atoms with E-state index >= 15 is 0 Å². The molecule has 0 radical (unpaired) electrons. The van der Waals surface area contributed by atoms with Crippen molar-refractivity contribution in [3.05, 3.63) is 130 Å². The van der Waals surface area contributed by atoms with E-state index in [2.05, 4.69) is 158 Å². The van der Waals surface area contributed by atoms with Gasteiger partial charge >= 0.3 is 0 Å². The number of hydrogen-bond donors (Lipinski definition) is 1. The predicted molar refractivity (Wildman–Crippen MR) is 193 cm³/mol. The van der Waals surface area contributed by atoms with Crippen LogP contribution in [0.25, 0.3) is 0 Å². The topological polar surface area (TPSA) is 23.5 Å². The summed E-state index contributed by atoms with van der Waals surface area (Å²) in [6.45, 7) is 23.0. The van der Waals surface area contributed by atoms with Crippen molar-refractivity contribution in [3.63, 3.8) is 0 Å². The number of aryl methyl sites for hydroxylation is 1. The monoisotopic (exact) mass is 607 g/mol. The van der Waals surface area contributed by atoms with E-state index in [0.717, 1.165) is 43.6 Å². The van der Waals surface area contributed by atoms with Crippen LogP contribution in [0.5, 0.6) is 5.75 Å². The smallest absolute Gasteiger partial charge is 0.123 e. The van der Waals surface area contributed by atoms with Crippen molar-refractivity contribution in [2.75, 3.05) is 0 Å². The Labute approximate surface area is 269 Å². The van der Waals surface area contributed by atoms with E-state index < -0.39 is 0 Å². The number of phenols is 1. The van der Waals surface area contributed by atoms with Crippen LogP contribution in [-0.4, -0.2) is 10.0 Å². The van der Waals surface area contributed by atoms with Gasteiger partial charge in [0.05, 0.1) is 0 Å². The zero-order valence-electron chi connectivity index (χ0n) is 28.6. The van der Waals surface area contributed by atoms with Crippen LogP contribution in [0.4, 0.5) is 0 Å². The molecule has 0 bridgehead atoms. The Morgan fingerprint density at radius 1 is 0.636 bits per heavy atom. The minimum atomic E-state index is -0.157. The van der Waals surface area contributed by atoms with Crippen molar-refractivity contribution in [2.45, 2.75) is 111 Å². The van der Waals surface area contributed by atoms with Gasteiger partial charge in [0.25, 0.3) is 0 Å². The van der Waals surface area contributed by atoms with Gasteiger partial charge in [-0.1, -0.05) is 155 Å². The highest BCUT2D eigenvalue weighted by molar-refractivity contribution is 7.48. The van der Waals surface area contributed by atoms with E-state index in [1.807, 2.05) is 0 Å². The first-order chi connectivity index (χ1) is 20.8. The van der Waals surface area contributed by atoms with Crippen molar-refractivity contribution >= 4 is 13.9 Å². The summed E-state index contributed by atoms with van der Waals surface area (Å²) in [5.41, 5.74) is 8.70. The van der Waals surface area contributed by atoms with E-state index in [4.69, 9.17) is 0 Å². The average molecular weight is 608 g/mol. The van der Waals surface area contributed by atoms with Gasteiger partial charge in [-0.15, -0.1) is 0 Å². The second-order valence-electron chi connectivity index (χ2n) is 14.6. The van der Waals surface area contributed by atoms with Crippen molar-refractivity contribution in [3.8, 4) is 5.75 Å². The summed E-state index contributed by atoms with van der Waals surface area (Å²) in [5, 5.41) is 13.3. The SMILES string of the molecule is CCC(CC)(Pc1c(C)cccc1CN(Cc1ccccc1)Cc1ccccc1)c1cc(C(C)(C)C)cc(C(C)(C)C)c1O. The summed E-state index contributed by atoms with van der Waals surface area (Å²) >= 11 is 0. The summed E-state index contributed by atoms with van der Waals surface area (Å²) in [5.74, 6) is 0.492. The minimum absolute atomic E-state index is 0.0119. The largest absolute Gasteiger partial charge is 0.507 e. The Kier molecular flexibility index (Phi) is 10.8. The van der Waals surface area contributed by atoms with Crippen LogP contribution in [0.15, 0.2) is 91.0 Å². The van der Waals surface area contributed by atoms with Gasteiger partial charge in [-0.2, -0.15) is 0 Å². The van der Waals surface area contributed by atoms with Crippen molar-refractivity contribution < 1.29 is 5.11 Å². The Balaban J connectivity index is 1.80. The van der Waals surface area contributed by atoms with Crippen LogP contribution >= 0.6 is 8.58 Å². The maximum atomic E-state index is 12.0. The molecule has 44 heavy (non-hydrogen) atoms. The fraction of sp³-hybridized carbons (Fsp3) is 0.415. The van der Waals surface area contributed by atoms with E-state index in [1.54, 1.807) is 0 Å². The predicted octanol–water partition coefficient (Wildman–Crippen LogP) is 10.5. The Morgan fingerprint density at radius 3 is 1.64 bits per heavy atom. The van der Waals surface area contributed by atoms with E-state index in [9.17, 15) is 5.11 Å². The van der Waals surface area contributed by atoms with Crippen LogP contribution in [0.1, 0.15) is 107 Å². The van der Waals surface area contributed by atoms with Crippen LogP contribution in [0, 0.1) is 6.92 Å². The van der Waals surface area contributed by atoms with Gasteiger partial charge in [0.1, 0.15) is 5.75 Å². The highest BCUT2D eigenvalue weighted by Gasteiger charge is 2.36.